The van der Waals surface area contributed by atoms with E-state index in [1.165, 1.54) is 7.11 Å². The Morgan fingerprint density at radius 1 is 1.11 bits per heavy atom. The smallest absolute Gasteiger partial charge is 0.342 e. The number of ether oxygens (including phenoxy) is 3. The van der Waals surface area contributed by atoms with E-state index in [-0.39, 0.29) is 11.9 Å². The molecule has 0 saturated carbocycles. The maximum Gasteiger partial charge on any atom is 0.342 e. The molecule has 5 heteroatoms. The van der Waals surface area contributed by atoms with Crippen LogP contribution in [0.15, 0.2) is 31.4 Å². The first-order valence-electron chi connectivity index (χ1n) is 9.18. The van der Waals surface area contributed by atoms with Crippen LogP contribution in [0.4, 0.5) is 0 Å². The molecule has 0 aliphatic rings. The van der Waals surface area contributed by atoms with E-state index in [4.69, 9.17) is 14.2 Å². The van der Waals surface area contributed by atoms with Gasteiger partial charge in [0, 0.05) is 18.9 Å². The van der Waals surface area contributed by atoms with Gasteiger partial charge in [0.05, 0.1) is 20.3 Å². The predicted molar refractivity (Wildman–Crippen MR) is 107 cm³/mol. The standard InChI is InChI=1S/C22H30O5/c1-6-8-9-12-18(23)13-10-11-16(3)27-22(24)21-17(7-2)14-19(25-4)15-20(21)26-5/h6-7,14-16H,1-2,8-13H2,3-5H3/t16-/m0/s1. The zero-order chi connectivity index (χ0) is 20.2. The summed E-state index contributed by atoms with van der Waals surface area (Å²) in [4.78, 5) is 24.4. The first kappa shape index (κ1) is 22.5. The molecule has 0 heterocycles. The van der Waals surface area contributed by atoms with Crippen LogP contribution in [0.25, 0.3) is 6.08 Å². The third-order valence-corrected chi connectivity index (χ3v) is 4.22. The molecule has 0 amide bonds. The van der Waals surface area contributed by atoms with Crippen LogP contribution in [0.2, 0.25) is 0 Å². The Balaban J connectivity index is 2.64. The predicted octanol–water partition coefficient (Wildman–Crippen LogP) is 4.99. The number of carbonyl (C=O) groups is 2. The molecule has 0 bridgehead atoms. The summed E-state index contributed by atoms with van der Waals surface area (Å²) < 4.78 is 16.1. The van der Waals surface area contributed by atoms with Crippen molar-refractivity contribution in [3.05, 3.63) is 42.5 Å². The monoisotopic (exact) mass is 374 g/mol. The van der Waals surface area contributed by atoms with Crippen molar-refractivity contribution < 1.29 is 23.8 Å². The second-order valence-corrected chi connectivity index (χ2v) is 6.33. The van der Waals surface area contributed by atoms with E-state index in [2.05, 4.69) is 13.2 Å². The number of rotatable bonds is 13. The number of unbranched alkanes of at least 4 members (excludes halogenated alkanes) is 1. The Hall–Kier alpha value is -2.56. The normalized spacial score (nSPS) is 11.4. The fraction of sp³-hybridized carbons (Fsp3) is 0.455. The summed E-state index contributed by atoms with van der Waals surface area (Å²) in [7, 11) is 3.03. The molecule has 5 nitrogen and oxygen atoms in total. The Kier molecular flexibility index (Phi) is 9.94. The van der Waals surface area contributed by atoms with Crippen LogP contribution >= 0.6 is 0 Å². The summed E-state index contributed by atoms with van der Waals surface area (Å²) >= 11 is 0. The SMILES string of the molecule is C=CCCCC(=O)CCC[C@H](C)OC(=O)c1c(C=C)cc(OC)cc1OC. The van der Waals surface area contributed by atoms with E-state index in [0.717, 1.165) is 12.8 Å². The lowest BCUT2D eigenvalue weighted by atomic mass is 10.0. The van der Waals surface area contributed by atoms with Crippen molar-refractivity contribution in [3.63, 3.8) is 0 Å². The first-order chi connectivity index (χ1) is 13.0. The van der Waals surface area contributed by atoms with Gasteiger partial charge in [0.1, 0.15) is 22.8 Å². The summed E-state index contributed by atoms with van der Waals surface area (Å²) in [6.45, 7) is 9.21. The number of methoxy groups -OCH3 is 2. The van der Waals surface area contributed by atoms with Crippen LogP contribution in [0, 0.1) is 0 Å². The molecule has 0 aliphatic carbocycles. The summed E-state index contributed by atoms with van der Waals surface area (Å²) in [5.41, 5.74) is 0.904. The Bertz CT molecular complexity index is 663. The first-order valence-corrected chi connectivity index (χ1v) is 9.18. The van der Waals surface area contributed by atoms with Crippen molar-refractivity contribution in [1.29, 1.82) is 0 Å². The molecule has 1 aromatic rings. The number of hydrogen-bond donors (Lipinski definition) is 0. The van der Waals surface area contributed by atoms with Crippen LogP contribution in [0.1, 0.15) is 61.4 Å². The van der Waals surface area contributed by atoms with E-state index in [9.17, 15) is 9.59 Å². The molecule has 0 unspecified atom stereocenters. The van der Waals surface area contributed by atoms with Gasteiger partial charge in [0.15, 0.2) is 0 Å². The van der Waals surface area contributed by atoms with Crippen molar-refractivity contribution in [2.24, 2.45) is 0 Å². The van der Waals surface area contributed by atoms with Crippen molar-refractivity contribution >= 4 is 17.8 Å². The van der Waals surface area contributed by atoms with Crippen LogP contribution in [0.3, 0.4) is 0 Å². The maximum absolute atomic E-state index is 12.6. The fourth-order valence-corrected chi connectivity index (χ4v) is 2.72. The quantitative estimate of drug-likeness (QED) is 0.277. The van der Waals surface area contributed by atoms with Gasteiger partial charge in [-0.1, -0.05) is 18.7 Å². The van der Waals surface area contributed by atoms with Gasteiger partial charge in [0.2, 0.25) is 0 Å². The van der Waals surface area contributed by atoms with Crippen molar-refractivity contribution in [2.75, 3.05) is 14.2 Å². The molecule has 148 valence electrons. The summed E-state index contributed by atoms with van der Waals surface area (Å²) in [6.07, 6.45) is 7.17. The maximum atomic E-state index is 12.6. The van der Waals surface area contributed by atoms with Crippen molar-refractivity contribution in [2.45, 2.75) is 51.6 Å². The van der Waals surface area contributed by atoms with E-state index < -0.39 is 5.97 Å². The highest BCUT2D eigenvalue weighted by Crippen LogP contribution is 2.30. The van der Waals surface area contributed by atoms with Gasteiger partial charge >= 0.3 is 5.97 Å². The van der Waals surface area contributed by atoms with Gasteiger partial charge in [-0.3, -0.25) is 4.79 Å². The zero-order valence-corrected chi connectivity index (χ0v) is 16.6. The molecule has 1 rings (SSSR count). The zero-order valence-electron chi connectivity index (χ0n) is 16.6. The van der Waals surface area contributed by atoms with E-state index in [1.54, 1.807) is 25.3 Å². The van der Waals surface area contributed by atoms with Gasteiger partial charge in [-0.05, 0) is 44.2 Å². The fourth-order valence-electron chi connectivity index (χ4n) is 2.72. The van der Waals surface area contributed by atoms with Crippen molar-refractivity contribution in [1.82, 2.24) is 0 Å². The molecule has 0 spiro atoms. The van der Waals surface area contributed by atoms with Gasteiger partial charge in [-0.25, -0.2) is 4.79 Å². The Morgan fingerprint density at radius 2 is 1.81 bits per heavy atom. The summed E-state index contributed by atoms with van der Waals surface area (Å²) in [6, 6.07) is 3.34. The minimum absolute atomic E-state index is 0.237. The van der Waals surface area contributed by atoms with E-state index in [1.807, 2.05) is 13.0 Å². The van der Waals surface area contributed by atoms with Gasteiger partial charge in [-0.2, -0.15) is 0 Å². The number of allylic oxidation sites excluding steroid dienone is 1. The van der Waals surface area contributed by atoms with E-state index in [0.29, 0.717) is 48.3 Å². The third-order valence-electron chi connectivity index (χ3n) is 4.22. The van der Waals surface area contributed by atoms with Crippen molar-refractivity contribution in [3.8, 4) is 11.5 Å². The second-order valence-electron chi connectivity index (χ2n) is 6.33. The minimum Gasteiger partial charge on any atom is -0.497 e. The summed E-state index contributed by atoms with van der Waals surface area (Å²) in [5.74, 6) is 0.704. The van der Waals surface area contributed by atoms with Crippen LogP contribution in [0.5, 0.6) is 11.5 Å². The number of benzene rings is 1. The minimum atomic E-state index is -0.478. The molecule has 0 aliphatic heterocycles. The molecule has 1 aromatic carbocycles. The number of Topliss-reactive ketones (excluding diaryl/α,β-unsaturated/α-hetero) is 1. The molecule has 0 radical (unpaired) electrons. The van der Waals surface area contributed by atoms with Crippen LogP contribution in [-0.4, -0.2) is 32.1 Å². The topological polar surface area (TPSA) is 61.8 Å². The molecular weight excluding hydrogens is 344 g/mol. The van der Waals surface area contributed by atoms with Crippen LogP contribution < -0.4 is 9.47 Å². The largest absolute Gasteiger partial charge is 0.497 e. The highest BCUT2D eigenvalue weighted by molar-refractivity contribution is 5.97. The molecule has 27 heavy (non-hydrogen) atoms. The lowest BCUT2D eigenvalue weighted by Crippen LogP contribution is -2.17. The van der Waals surface area contributed by atoms with Gasteiger partial charge in [-0.15, -0.1) is 6.58 Å². The number of ketones is 1. The third kappa shape index (κ3) is 7.29. The molecular formula is C22H30O5. The highest BCUT2D eigenvalue weighted by atomic mass is 16.5. The Morgan fingerprint density at radius 3 is 2.41 bits per heavy atom. The second kappa shape index (κ2) is 11.9. The van der Waals surface area contributed by atoms with Gasteiger partial charge < -0.3 is 14.2 Å². The highest BCUT2D eigenvalue weighted by Gasteiger charge is 2.21. The lowest BCUT2D eigenvalue weighted by molar-refractivity contribution is -0.119. The molecule has 0 fully saturated rings. The number of hydrogen-bond acceptors (Lipinski definition) is 5. The molecule has 0 aromatic heterocycles. The average molecular weight is 374 g/mol. The number of carbonyl (C=O) groups excluding carboxylic acids is 2. The molecule has 0 N–H and O–H groups in total. The molecule has 1 atom stereocenters. The summed E-state index contributed by atoms with van der Waals surface area (Å²) in [5, 5.41) is 0. The molecule has 0 saturated heterocycles. The van der Waals surface area contributed by atoms with E-state index >= 15 is 0 Å². The average Bonchev–Trinajstić information content (AvgIpc) is 2.66. The van der Waals surface area contributed by atoms with Gasteiger partial charge in [0.25, 0.3) is 0 Å². The van der Waals surface area contributed by atoms with Crippen LogP contribution in [-0.2, 0) is 9.53 Å². The lowest BCUT2D eigenvalue weighted by Gasteiger charge is -2.17. The Labute approximate surface area is 162 Å². The number of esters is 1.